The predicted molar refractivity (Wildman–Crippen MR) is 64.1 cm³/mol. The number of rotatable bonds is 3. The average molecular weight is 292 g/mol. The first kappa shape index (κ1) is 14.7. The lowest BCUT2D eigenvalue weighted by molar-refractivity contribution is -0.138. The zero-order valence-corrected chi connectivity index (χ0v) is 10.4. The Kier molecular flexibility index (Phi) is 5.26. The van der Waals surface area contributed by atoms with E-state index in [0.717, 1.165) is 0 Å². The fourth-order valence-electron chi connectivity index (χ4n) is 1.27. The number of phenolic OH excluding ortho intramolecular Hbond substituents is 2. The molecule has 0 aliphatic heterocycles. The smallest absolute Gasteiger partial charge is 0.320 e. The molecule has 0 heterocycles. The normalized spacial score (nSPS) is 11.6. The number of carboxylic acids is 1. The van der Waals surface area contributed by atoms with Crippen molar-refractivity contribution in [2.24, 2.45) is 5.73 Å². The summed E-state index contributed by atoms with van der Waals surface area (Å²) in [5, 5.41) is 27.2. The number of nitrogens with two attached hydrogens (primary N) is 1. The number of phenols is 2. The molecular weight excluding hydrogens is 278 g/mol. The van der Waals surface area contributed by atoms with Gasteiger partial charge >= 0.3 is 5.97 Å². The van der Waals surface area contributed by atoms with Gasteiger partial charge in [-0.1, -0.05) is 6.07 Å². The second-order valence-corrected chi connectivity index (χ2v) is 3.37. The molecule has 16 heavy (non-hydrogen) atoms. The van der Waals surface area contributed by atoms with Crippen LogP contribution in [-0.2, 0) is 11.2 Å². The zero-order valence-electron chi connectivity index (χ0n) is 8.67. The van der Waals surface area contributed by atoms with Crippen LogP contribution >= 0.6 is 17.0 Å². The van der Waals surface area contributed by atoms with E-state index >= 15 is 0 Å². The van der Waals surface area contributed by atoms with Crippen LogP contribution in [0, 0.1) is 6.92 Å². The Bertz CT molecular complexity index is 395. The predicted octanol–water partition coefficient (Wildman–Crippen LogP) is 0.939. The third kappa shape index (κ3) is 3.11. The Morgan fingerprint density at radius 1 is 1.44 bits per heavy atom. The van der Waals surface area contributed by atoms with E-state index in [9.17, 15) is 15.0 Å². The van der Waals surface area contributed by atoms with Crippen molar-refractivity contribution in [1.82, 2.24) is 0 Å². The molecule has 1 aromatic rings. The van der Waals surface area contributed by atoms with E-state index in [1.54, 1.807) is 13.0 Å². The van der Waals surface area contributed by atoms with Crippen LogP contribution in [0.2, 0.25) is 0 Å². The Morgan fingerprint density at radius 2 is 2.00 bits per heavy atom. The van der Waals surface area contributed by atoms with Crippen molar-refractivity contribution in [3.05, 3.63) is 23.3 Å². The molecule has 0 spiro atoms. The summed E-state index contributed by atoms with van der Waals surface area (Å²) >= 11 is 0. The number of aromatic hydroxyl groups is 2. The summed E-state index contributed by atoms with van der Waals surface area (Å²) in [5.41, 5.74) is 6.42. The van der Waals surface area contributed by atoms with Crippen molar-refractivity contribution in [3.63, 3.8) is 0 Å². The maximum atomic E-state index is 10.5. The Balaban J connectivity index is 0.00000225. The molecule has 0 aliphatic rings. The number of hydrogen-bond acceptors (Lipinski definition) is 4. The molecule has 90 valence electrons. The quantitative estimate of drug-likeness (QED) is 0.621. The molecule has 0 aliphatic carbocycles. The maximum Gasteiger partial charge on any atom is 0.320 e. The molecule has 0 saturated heterocycles. The van der Waals surface area contributed by atoms with E-state index in [1.807, 2.05) is 0 Å². The van der Waals surface area contributed by atoms with Crippen molar-refractivity contribution in [3.8, 4) is 11.5 Å². The second-order valence-electron chi connectivity index (χ2n) is 3.37. The lowest BCUT2D eigenvalue weighted by atomic mass is 10.0. The molecule has 1 unspecified atom stereocenters. The molecule has 0 radical (unpaired) electrons. The van der Waals surface area contributed by atoms with Gasteiger partial charge in [0.2, 0.25) is 0 Å². The SMILES string of the molecule is Br.Cc1c(CC(N)C(=O)O)ccc(O)c1O. The number of hydrogen-bond donors (Lipinski definition) is 4. The number of carboxylic acid groups (broad SMARTS) is 1. The van der Waals surface area contributed by atoms with E-state index in [-0.39, 0.29) is 34.9 Å². The highest BCUT2D eigenvalue weighted by Gasteiger charge is 2.15. The van der Waals surface area contributed by atoms with E-state index in [4.69, 9.17) is 10.8 Å². The highest BCUT2D eigenvalue weighted by molar-refractivity contribution is 8.93. The number of aliphatic carboxylic acids is 1. The Hall–Kier alpha value is -1.27. The first-order chi connectivity index (χ1) is 6.93. The van der Waals surface area contributed by atoms with Crippen molar-refractivity contribution >= 4 is 23.0 Å². The van der Waals surface area contributed by atoms with Gasteiger partial charge in [-0.15, -0.1) is 17.0 Å². The highest BCUT2D eigenvalue weighted by Crippen LogP contribution is 2.30. The Labute approximate surface area is 103 Å². The van der Waals surface area contributed by atoms with Crippen LogP contribution in [0.5, 0.6) is 11.5 Å². The fourth-order valence-corrected chi connectivity index (χ4v) is 1.27. The summed E-state index contributed by atoms with van der Waals surface area (Å²) in [4.78, 5) is 10.5. The van der Waals surface area contributed by atoms with E-state index < -0.39 is 12.0 Å². The summed E-state index contributed by atoms with van der Waals surface area (Å²) in [5.74, 6) is -1.55. The number of carbonyl (C=O) groups is 1. The molecular formula is C10H14BrNO4. The largest absolute Gasteiger partial charge is 0.504 e. The van der Waals surface area contributed by atoms with E-state index in [0.29, 0.717) is 11.1 Å². The lowest BCUT2D eigenvalue weighted by Crippen LogP contribution is -2.32. The molecule has 5 nitrogen and oxygen atoms in total. The molecule has 0 fully saturated rings. The highest BCUT2D eigenvalue weighted by atomic mass is 79.9. The van der Waals surface area contributed by atoms with Crippen LogP contribution < -0.4 is 5.73 Å². The third-order valence-electron chi connectivity index (χ3n) is 2.28. The minimum absolute atomic E-state index is 0. The van der Waals surface area contributed by atoms with Gasteiger partial charge < -0.3 is 21.1 Å². The minimum Gasteiger partial charge on any atom is -0.504 e. The fraction of sp³-hybridized carbons (Fsp3) is 0.300. The summed E-state index contributed by atoms with van der Waals surface area (Å²) < 4.78 is 0. The monoisotopic (exact) mass is 291 g/mol. The van der Waals surface area contributed by atoms with Gasteiger partial charge in [0, 0.05) is 0 Å². The van der Waals surface area contributed by atoms with E-state index in [1.165, 1.54) is 6.07 Å². The minimum atomic E-state index is -1.10. The first-order valence-electron chi connectivity index (χ1n) is 4.42. The van der Waals surface area contributed by atoms with Crippen molar-refractivity contribution < 1.29 is 20.1 Å². The van der Waals surface area contributed by atoms with Gasteiger partial charge in [0.15, 0.2) is 11.5 Å². The molecule has 1 aromatic carbocycles. The van der Waals surface area contributed by atoms with Gasteiger partial charge in [-0.25, -0.2) is 0 Å². The van der Waals surface area contributed by atoms with Gasteiger partial charge in [-0.05, 0) is 30.5 Å². The molecule has 0 amide bonds. The summed E-state index contributed by atoms with van der Waals surface area (Å²) in [6.07, 6.45) is 0.120. The molecule has 5 N–H and O–H groups in total. The van der Waals surface area contributed by atoms with Crippen molar-refractivity contribution in [2.45, 2.75) is 19.4 Å². The number of halogens is 1. The van der Waals surface area contributed by atoms with Crippen molar-refractivity contribution in [2.75, 3.05) is 0 Å². The summed E-state index contributed by atoms with van der Waals surface area (Å²) in [6, 6.07) is 1.85. The van der Waals surface area contributed by atoms with Gasteiger partial charge in [0.1, 0.15) is 6.04 Å². The molecule has 1 rings (SSSR count). The van der Waals surface area contributed by atoms with Crippen LogP contribution in [0.3, 0.4) is 0 Å². The second kappa shape index (κ2) is 5.72. The first-order valence-corrected chi connectivity index (χ1v) is 4.42. The van der Waals surface area contributed by atoms with Crippen LogP contribution in [0.4, 0.5) is 0 Å². The van der Waals surface area contributed by atoms with Gasteiger partial charge in [-0.3, -0.25) is 4.79 Å². The van der Waals surface area contributed by atoms with Crippen LogP contribution in [0.15, 0.2) is 12.1 Å². The third-order valence-corrected chi connectivity index (χ3v) is 2.28. The van der Waals surface area contributed by atoms with E-state index in [2.05, 4.69) is 0 Å². The molecule has 0 saturated carbocycles. The van der Waals surface area contributed by atoms with Crippen LogP contribution in [0.25, 0.3) is 0 Å². The van der Waals surface area contributed by atoms with Gasteiger partial charge in [0.05, 0.1) is 0 Å². The summed E-state index contributed by atoms with van der Waals surface area (Å²) in [7, 11) is 0. The zero-order chi connectivity index (χ0) is 11.6. The molecule has 0 bridgehead atoms. The molecule has 1 atom stereocenters. The van der Waals surface area contributed by atoms with Crippen molar-refractivity contribution in [1.29, 1.82) is 0 Å². The summed E-state index contributed by atoms with van der Waals surface area (Å²) in [6.45, 7) is 1.60. The molecule has 0 aromatic heterocycles. The maximum absolute atomic E-state index is 10.5. The Morgan fingerprint density at radius 3 is 2.50 bits per heavy atom. The van der Waals surface area contributed by atoms with Crippen LogP contribution in [-0.4, -0.2) is 27.3 Å². The van der Waals surface area contributed by atoms with Crippen LogP contribution in [0.1, 0.15) is 11.1 Å². The van der Waals surface area contributed by atoms with Gasteiger partial charge in [0.25, 0.3) is 0 Å². The molecule has 6 heteroatoms. The topological polar surface area (TPSA) is 104 Å². The lowest BCUT2D eigenvalue weighted by Gasteiger charge is -2.11. The number of benzene rings is 1. The van der Waals surface area contributed by atoms with Gasteiger partial charge in [-0.2, -0.15) is 0 Å². The standard InChI is InChI=1S/C10H13NO4.BrH/c1-5-6(4-7(11)10(14)15)2-3-8(12)9(5)13;/h2-3,7,12-13H,4,11H2,1H3,(H,14,15);1H. The average Bonchev–Trinajstić information content (AvgIpc) is 2.18.